The molecule has 0 aliphatic rings. The number of rotatable bonds is 7. The van der Waals surface area contributed by atoms with Crippen LogP contribution in [-0.2, 0) is 6.61 Å². The fourth-order valence-corrected chi connectivity index (χ4v) is 2.46. The number of halogens is 1. The molecule has 0 aromatic carbocycles. The Balaban J connectivity index is 3.08. The van der Waals surface area contributed by atoms with Crippen molar-refractivity contribution in [1.82, 2.24) is 4.98 Å². The number of nitrogens with zero attached hydrogens (tertiary/aromatic N) is 2. The highest BCUT2D eigenvalue weighted by Crippen LogP contribution is 2.24. The average Bonchev–Trinajstić information content (AvgIpc) is 2.39. The number of aliphatic hydroxyl groups is 1. The lowest BCUT2D eigenvalue weighted by atomic mass is 10.1. The van der Waals surface area contributed by atoms with Gasteiger partial charge in [0, 0.05) is 24.3 Å². The minimum atomic E-state index is -0.0488. The highest BCUT2D eigenvalue weighted by atomic mass is 35.5. The van der Waals surface area contributed by atoms with Crippen molar-refractivity contribution < 1.29 is 5.11 Å². The summed E-state index contributed by atoms with van der Waals surface area (Å²) >= 11 is 6.01. The van der Waals surface area contributed by atoms with Crippen LogP contribution >= 0.6 is 11.6 Å². The minimum absolute atomic E-state index is 0.0488. The van der Waals surface area contributed by atoms with Crippen molar-refractivity contribution in [3.05, 3.63) is 22.8 Å². The second-order valence-corrected chi connectivity index (χ2v) is 5.72. The maximum Gasteiger partial charge on any atom is 0.129 e. The monoisotopic (exact) mass is 284 g/mol. The normalized spacial score (nSPS) is 11.4. The molecule has 0 atom stereocenters. The predicted octanol–water partition coefficient (Wildman–Crippen LogP) is 3.88. The van der Waals surface area contributed by atoms with E-state index >= 15 is 0 Å². The Labute approximate surface area is 121 Å². The zero-order valence-electron chi connectivity index (χ0n) is 12.4. The Morgan fingerprint density at radius 2 is 1.95 bits per heavy atom. The fourth-order valence-electron chi connectivity index (χ4n) is 2.30. The summed E-state index contributed by atoms with van der Waals surface area (Å²) in [5.41, 5.74) is 0.742. The average molecular weight is 285 g/mol. The predicted molar refractivity (Wildman–Crippen MR) is 81.7 cm³/mol. The number of aliphatic hydroxyl groups excluding tert-OH is 1. The lowest BCUT2D eigenvalue weighted by molar-refractivity contribution is 0.282. The van der Waals surface area contributed by atoms with E-state index in [1.165, 1.54) is 0 Å². The zero-order valence-corrected chi connectivity index (χ0v) is 13.1. The minimum Gasteiger partial charge on any atom is -0.392 e. The molecule has 0 spiro atoms. The third-order valence-electron chi connectivity index (χ3n) is 3.33. The molecular weight excluding hydrogens is 260 g/mol. The molecule has 4 heteroatoms. The molecule has 0 amide bonds. The highest BCUT2D eigenvalue weighted by molar-refractivity contribution is 6.31. The Bertz CT molecular complexity index is 392. The van der Waals surface area contributed by atoms with Gasteiger partial charge in [-0.15, -0.1) is 0 Å². The zero-order chi connectivity index (χ0) is 14.4. The van der Waals surface area contributed by atoms with Crippen LogP contribution in [0, 0.1) is 5.92 Å². The van der Waals surface area contributed by atoms with Gasteiger partial charge in [-0.1, -0.05) is 39.3 Å². The van der Waals surface area contributed by atoms with Gasteiger partial charge < -0.3 is 10.0 Å². The van der Waals surface area contributed by atoms with Gasteiger partial charge in [-0.2, -0.15) is 0 Å². The number of pyridine rings is 1. The molecule has 0 saturated heterocycles. The van der Waals surface area contributed by atoms with Crippen LogP contribution in [0.1, 0.15) is 46.1 Å². The summed E-state index contributed by atoms with van der Waals surface area (Å²) < 4.78 is 0. The van der Waals surface area contributed by atoms with Gasteiger partial charge in [0.15, 0.2) is 0 Å². The van der Waals surface area contributed by atoms with E-state index in [0.29, 0.717) is 17.0 Å². The first-order valence-electron chi connectivity index (χ1n) is 7.05. The molecule has 1 aromatic heterocycles. The van der Waals surface area contributed by atoms with Crippen molar-refractivity contribution >= 4 is 17.4 Å². The van der Waals surface area contributed by atoms with Gasteiger partial charge in [0.05, 0.1) is 11.6 Å². The maximum absolute atomic E-state index is 9.33. The van der Waals surface area contributed by atoms with E-state index in [1.54, 1.807) is 6.20 Å². The van der Waals surface area contributed by atoms with Gasteiger partial charge >= 0.3 is 0 Å². The van der Waals surface area contributed by atoms with Crippen LogP contribution in [0.4, 0.5) is 5.82 Å². The van der Waals surface area contributed by atoms with Crippen molar-refractivity contribution in [3.63, 3.8) is 0 Å². The SMILES string of the molecule is CCC(CC)N(CC(C)C)c1cc(CO)c(Cl)cn1. The second-order valence-electron chi connectivity index (χ2n) is 5.31. The molecule has 1 rings (SSSR count). The van der Waals surface area contributed by atoms with E-state index < -0.39 is 0 Å². The van der Waals surface area contributed by atoms with Crippen molar-refractivity contribution in [2.75, 3.05) is 11.4 Å². The van der Waals surface area contributed by atoms with Crippen LogP contribution in [0.5, 0.6) is 0 Å². The summed E-state index contributed by atoms with van der Waals surface area (Å²) in [6.45, 7) is 9.73. The number of hydrogen-bond acceptors (Lipinski definition) is 3. The van der Waals surface area contributed by atoms with E-state index in [1.807, 2.05) is 6.07 Å². The van der Waals surface area contributed by atoms with Crippen LogP contribution in [0.15, 0.2) is 12.3 Å². The van der Waals surface area contributed by atoms with Crippen LogP contribution in [0.2, 0.25) is 5.02 Å². The third kappa shape index (κ3) is 4.36. The molecule has 19 heavy (non-hydrogen) atoms. The second kappa shape index (κ2) is 7.71. The van der Waals surface area contributed by atoms with Crippen molar-refractivity contribution in [2.45, 2.75) is 53.2 Å². The molecule has 0 aliphatic heterocycles. The van der Waals surface area contributed by atoms with Gasteiger partial charge in [0.2, 0.25) is 0 Å². The Kier molecular flexibility index (Phi) is 6.59. The Hall–Kier alpha value is -0.800. The third-order valence-corrected chi connectivity index (χ3v) is 3.67. The van der Waals surface area contributed by atoms with Crippen LogP contribution in [-0.4, -0.2) is 22.7 Å². The summed E-state index contributed by atoms with van der Waals surface area (Å²) in [6, 6.07) is 2.38. The van der Waals surface area contributed by atoms with Crippen LogP contribution < -0.4 is 4.90 Å². The van der Waals surface area contributed by atoms with Gasteiger partial charge in [0.25, 0.3) is 0 Å². The van der Waals surface area contributed by atoms with Gasteiger partial charge in [0.1, 0.15) is 5.82 Å². The first-order valence-corrected chi connectivity index (χ1v) is 7.43. The van der Waals surface area contributed by atoms with Crippen molar-refractivity contribution in [2.24, 2.45) is 5.92 Å². The van der Waals surface area contributed by atoms with Gasteiger partial charge in [-0.05, 0) is 24.8 Å². The molecule has 1 heterocycles. The van der Waals surface area contributed by atoms with E-state index in [2.05, 4.69) is 37.6 Å². The summed E-state index contributed by atoms with van der Waals surface area (Å²) in [4.78, 5) is 6.77. The van der Waals surface area contributed by atoms with Gasteiger partial charge in [-0.3, -0.25) is 0 Å². The number of aromatic nitrogens is 1. The smallest absolute Gasteiger partial charge is 0.129 e. The molecule has 0 radical (unpaired) electrons. The van der Waals surface area contributed by atoms with Crippen molar-refractivity contribution in [1.29, 1.82) is 0 Å². The summed E-state index contributed by atoms with van der Waals surface area (Å²) in [5.74, 6) is 1.48. The van der Waals surface area contributed by atoms with E-state index in [4.69, 9.17) is 11.6 Å². The molecule has 3 nitrogen and oxygen atoms in total. The van der Waals surface area contributed by atoms with Crippen LogP contribution in [0.25, 0.3) is 0 Å². The molecule has 0 fully saturated rings. The molecule has 108 valence electrons. The molecular formula is C15H25ClN2O. The summed E-state index contributed by atoms with van der Waals surface area (Å²) in [5, 5.41) is 9.86. The molecule has 0 bridgehead atoms. The summed E-state index contributed by atoms with van der Waals surface area (Å²) in [6.07, 6.45) is 3.81. The highest BCUT2D eigenvalue weighted by Gasteiger charge is 2.19. The largest absolute Gasteiger partial charge is 0.392 e. The van der Waals surface area contributed by atoms with E-state index in [9.17, 15) is 5.11 Å². The summed E-state index contributed by atoms with van der Waals surface area (Å²) in [7, 11) is 0. The first kappa shape index (κ1) is 16.3. The Morgan fingerprint density at radius 3 is 2.42 bits per heavy atom. The number of hydrogen-bond donors (Lipinski definition) is 1. The lowest BCUT2D eigenvalue weighted by Gasteiger charge is -2.33. The van der Waals surface area contributed by atoms with E-state index in [0.717, 1.165) is 30.8 Å². The number of anilines is 1. The Morgan fingerprint density at radius 1 is 1.32 bits per heavy atom. The molecule has 0 saturated carbocycles. The molecule has 1 aromatic rings. The van der Waals surface area contributed by atoms with E-state index in [-0.39, 0.29) is 6.61 Å². The maximum atomic E-state index is 9.33. The molecule has 0 aliphatic carbocycles. The lowest BCUT2D eigenvalue weighted by Crippen LogP contribution is -2.38. The molecule has 0 unspecified atom stereocenters. The standard InChI is InChI=1S/C15H25ClN2O/c1-5-13(6-2)18(9-11(3)4)15-7-12(10-19)14(16)8-17-15/h7-8,11,13,19H,5-6,9-10H2,1-4H3. The quantitative estimate of drug-likeness (QED) is 0.825. The fraction of sp³-hybridized carbons (Fsp3) is 0.667. The van der Waals surface area contributed by atoms with Crippen LogP contribution in [0.3, 0.4) is 0 Å². The molecule has 1 N–H and O–H groups in total. The first-order chi connectivity index (χ1) is 9.03. The topological polar surface area (TPSA) is 36.4 Å². The van der Waals surface area contributed by atoms with Crippen molar-refractivity contribution in [3.8, 4) is 0 Å². The van der Waals surface area contributed by atoms with Gasteiger partial charge in [-0.25, -0.2) is 4.98 Å².